The van der Waals surface area contributed by atoms with Crippen LogP contribution in [0.15, 0.2) is 0 Å². The van der Waals surface area contributed by atoms with E-state index in [1.807, 2.05) is 6.92 Å². The number of hydrogen-bond acceptors (Lipinski definition) is 1. The molecular weight excluding hydrogens is 148 g/mol. The molecule has 2 unspecified atom stereocenters. The van der Waals surface area contributed by atoms with Gasteiger partial charge in [0.25, 0.3) is 0 Å². The molecule has 1 aliphatic rings. The maximum atomic E-state index is 6.02. The molecule has 0 bridgehead atoms. The van der Waals surface area contributed by atoms with Crippen LogP contribution in [0.25, 0.3) is 0 Å². The Bertz CT molecular complexity index is 93.3. The summed E-state index contributed by atoms with van der Waals surface area (Å²) >= 11 is 6.02. The Kier molecular flexibility index (Phi) is 3.50. The van der Waals surface area contributed by atoms with Gasteiger partial charge < -0.3 is 4.74 Å². The van der Waals surface area contributed by atoms with E-state index in [4.69, 9.17) is 16.3 Å². The topological polar surface area (TPSA) is 9.23 Å². The predicted octanol–water partition coefficient (Wildman–Crippen LogP) is 2.39. The smallest absolute Gasteiger partial charge is 0.0741 e. The summed E-state index contributed by atoms with van der Waals surface area (Å²) < 4.78 is 5.43. The summed E-state index contributed by atoms with van der Waals surface area (Å²) in [6, 6.07) is 0. The van der Waals surface area contributed by atoms with E-state index in [0.717, 1.165) is 25.9 Å². The zero-order valence-corrected chi connectivity index (χ0v) is 7.10. The van der Waals surface area contributed by atoms with Crippen molar-refractivity contribution in [2.24, 2.45) is 0 Å². The van der Waals surface area contributed by atoms with Crippen LogP contribution < -0.4 is 0 Å². The average Bonchev–Trinajstić information content (AvgIpc) is 1.94. The Hall–Kier alpha value is 0.250. The van der Waals surface area contributed by atoms with Crippen molar-refractivity contribution in [3.8, 4) is 0 Å². The minimum absolute atomic E-state index is 0.241. The quantitative estimate of drug-likeness (QED) is 0.566. The molecule has 1 radical (unpaired) electrons. The lowest BCUT2D eigenvalue weighted by Crippen LogP contribution is -2.28. The molecule has 1 nitrogen and oxygen atoms in total. The molecule has 0 aromatic rings. The zero-order chi connectivity index (χ0) is 7.40. The van der Waals surface area contributed by atoms with Gasteiger partial charge in [0.2, 0.25) is 0 Å². The highest BCUT2D eigenvalue weighted by atomic mass is 35.5. The van der Waals surface area contributed by atoms with E-state index < -0.39 is 0 Å². The molecule has 0 spiro atoms. The first-order valence-electron chi connectivity index (χ1n) is 3.92. The van der Waals surface area contributed by atoms with Gasteiger partial charge in [-0.1, -0.05) is 0 Å². The van der Waals surface area contributed by atoms with Gasteiger partial charge in [0.1, 0.15) is 0 Å². The Morgan fingerprint density at radius 2 is 2.50 bits per heavy atom. The van der Waals surface area contributed by atoms with Crippen LogP contribution in [0.1, 0.15) is 26.2 Å². The van der Waals surface area contributed by atoms with Gasteiger partial charge in [-0.15, -0.1) is 11.6 Å². The van der Waals surface area contributed by atoms with Gasteiger partial charge in [-0.05, 0) is 32.6 Å². The fourth-order valence-corrected chi connectivity index (χ4v) is 1.58. The van der Waals surface area contributed by atoms with Gasteiger partial charge in [0, 0.05) is 6.61 Å². The molecule has 0 N–H and O–H groups in total. The third-order valence-corrected chi connectivity index (χ3v) is 2.33. The largest absolute Gasteiger partial charge is 0.377 e. The lowest BCUT2D eigenvalue weighted by Gasteiger charge is -2.26. The molecule has 0 aliphatic heterocycles. The van der Waals surface area contributed by atoms with Crippen molar-refractivity contribution in [2.45, 2.75) is 37.7 Å². The number of alkyl halides is 1. The van der Waals surface area contributed by atoms with Gasteiger partial charge in [-0.3, -0.25) is 0 Å². The van der Waals surface area contributed by atoms with E-state index in [1.54, 1.807) is 0 Å². The van der Waals surface area contributed by atoms with Crippen LogP contribution in [0.4, 0.5) is 0 Å². The lowest BCUT2D eigenvalue weighted by molar-refractivity contribution is 0.0503. The maximum Gasteiger partial charge on any atom is 0.0741 e. The Morgan fingerprint density at radius 1 is 1.70 bits per heavy atom. The third-order valence-electron chi connectivity index (χ3n) is 1.83. The van der Waals surface area contributed by atoms with Crippen LogP contribution in [0.5, 0.6) is 0 Å². The number of rotatable bonds is 2. The van der Waals surface area contributed by atoms with Crippen molar-refractivity contribution in [2.75, 3.05) is 6.61 Å². The normalized spacial score (nSPS) is 34.2. The molecule has 1 saturated carbocycles. The van der Waals surface area contributed by atoms with Gasteiger partial charge >= 0.3 is 0 Å². The summed E-state index contributed by atoms with van der Waals surface area (Å²) in [7, 11) is 0. The second-order valence-corrected chi connectivity index (χ2v) is 3.17. The highest BCUT2D eigenvalue weighted by molar-refractivity contribution is 6.21. The van der Waals surface area contributed by atoms with Crippen molar-refractivity contribution < 1.29 is 4.74 Å². The summed E-state index contributed by atoms with van der Waals surface area (Å²) in [4.78, 5) is 0. The van der Waals surface area contributed by atoms with Gasteiger partial charge in [-0.2, -0.15) is 0 Å². The minimum atomic E-state index is 0.241. The molecule has 59 valence electrons. The summed E-state index contributed by atoms with van der Waals surface area (Å²) in [5.74, 6) is 0. The first kappa shape index (κ1) is 8.35. The van der Waals surface area contributed by atoms with Crippen molar-refractivity contribution >= 4 is 11.6 Å². The molecular formula is C8H14ClO. The third kappa shape index (κ3) is 2.14. The number of hydrogen-bond donors (Lipinski definition) is 0. The monoisotopic (exact) mass is 161 g/mol. The molecule has 0 amide bonds. The lowest BCUT2D eigenvalue weighted by atomic mass is 9.97. The van der Waals surface area contributed by atoms with Crippen LogP contribution in [0, 0.1) is 6.42 Å². The molecule has 0 aromatic heterocycles. The van der Waals surface area contributed by atoms with Gasteiger partial charge in [0.15, 0.2) is 0 Å². The Morgan fingerprint density at radius 3 is 3.10 bits per heavy atom. The molecule has 10 heavy (non-hydrogen) atoms. The van der Waals surface area contributed by atoms with E-state index >= 15 is 0 Å². The molecule has 0 aromatic carbocycles. The highest BCUT2D eigenvalue weighted by Crippen LogP contribution is 2.24. The van der Waals surface area contributed by atoms with Gasteiger partial charge in [0.05, 0.1) is 11.5 Å². The van der Waals surface area contributed by atoms with Crippen molar-refractivity contribution in [3.05, 3.63) is 6.42 Å². The molecule has 0 heterocycles. The van der Waals surface area contributed by atoms with Crippen molar-refractivity contribution in [1.82, 2.24) is 0 Å². The molecule has 2 atom stereocenters. The van der Waals surface area contributed by atoms with E-state index in [1.165, 1.54) is 0 Å². The van der Waals surface area contributed by atoms with Crippen LogP contribution in [-0.4, -0.2) is 18.1 Å². The summed E-state index contributed by atoms with van der Waals surface area (Å²) in [6.07, 6.45) is 5.80. The Labute approximate surface area is 67.7 Å². The number of halogens is 1. The second kappa shape index (κ2) is 4.20. The maximum absolute atomic E-state index is 6.02. The summed E-state index contributed by atoms with van der Waals surface area (Å²) in [5.41, 5.74) is 0. The summed E-state index contributed by atoms with van der Waals surface area (Å²) in [5, 5.41) is 0.241. The average molecular weight is 162 g/mol. The van der Waals surface area contributed by atoms with Crippen LogP contribution >= 0.6 is 11.6 Å². The second-order valence-electron chi connectivity index (χ2n) is 2.61. The van der Waals surface area contributed by atoms with Gasteiger partial charge in [-0.25, -0.2) is 0 Å². The fraction of sp³-hybridized carbons (Fsp3) is 0.875. The zero-order valence-electron chi connectivity index (χ0n) is 6.35. The number of ether oxygens (including phenoxy) is 1. The Balaban J connectivity index is 2.25. The molecule has 0 saturated heterocycles. The van der Waals surface area contributed by atoms with E-state index in [0.29, 0.717) is 0 Å². The van der Waals surface area contributed by atoms with E-state index in [9.17, 15) is 0 Å². The van der Waals surface area contributed by atoms with Crippen LogP contribution in [0.3, 0.4) is 0 Å². The molecule has 1 aliphatic carbocycles. The first-order chi connectivity index (χ1) is 4.84. The predicted molar refractivity (Wildman–Crippen MR) is 43.2 cm³/mol. The molecule has 1 rings (SSSR count). The first-order valence-corrected chi connectivity index (χ1v) is 4.35. The van der Waals surface area contributed by atoms with E-state index in [-0.39, 0.29) is 11.5 Å². The van der Waals surface area contributed by atoms with E-state index in [2.05, 4.69) is 6.42 Å². The molecule has 1 fully saturated rings. The standard InChI is InChI=1S/C8H14ClO/c1-2-10-8-6-4-3-5-7(8)9/h4,7-8H,2-3,5-6H2,1H3. The fourth-order valence-electron chi connectivity index (χ4n) is 1.28. The van der Waals surface area contributed by atoms with Crippen LogP contribution in [0.2, 0.25) is 0 Å². The van der Waals surface area contributed by atoms with Crippen molar-refractivity contribution in [1.29, 1.82) is 0 Å². The van der Waals surface area contributed by atoms with Crippen molar-refractivity contribution in [3.63, 3.8) is 0 Å². The minimum Gasteiger partial charge on any atom is -0.377 e. The van der Waals surface area contributed by atoms with Crippen LogP contribution in [-0.2, 0) is 4.74 Å². The summed E-state index contributed by atoms with van der Waals surface area (Å²) in [6.45, 7) is 2.79. The molecule has 2 heteroatoms. The highest BCUT2D eigenvalue weighted by Gasteiger charge is 2.22. The SMILES string of the molecule is CCOC1C[CH]CCC1Cl.